The van der Waals surface area contributed by atoms with Crippen LogP contribution in [0, 0.1) is 5.41 Å². The van der Waals surface area contributed by atoms with E-state index in [1.165, 1.54) is 0 Å². The Hall–Kier alpha value is -0.160. The standard InChI is InChI=1S/C14H32N2O2/c1-5-14(6-2,12-15-7-3)13-16(8-10-17)9-11-18-4/h15,17H,5-13H2,1-4H3. The molecule has 0 fully saturated rings. The zero-order valence-corrected chi connectivity index (χ0v) is 12.7. The molecular weight excluding hydrogens is 228 g/mol. The highest BCUT2D eigenvalue weighted by atomic mass is 16.5. The van der Waals surface area contributed by atoms with Crippen molar-refractivity contribution in [2.75, 3.05) is 53.0 Å². The van der Waals surface area contributed by atoms with Crippen LogP contribution in [-0.4, -0.2) is 63.1 Å². The molecule has 0 heterocycles. The monoisotopic (exact) mass is 260 g/mol. The van der Waals surface area contributed by atoms with Crippen molar-refractivity contribution < 1.29 is 9.84 Å². The molecule has 0 aromatic rings. The molecule has 0 aromatic heterocycles. The second kappa shape index (κ2) is 10.7. The van der Waals surface area contributed by atoms with E-state index in [4.69, 9.17) is 9.84 Å². The van der Waals surface area contributed by atoms with E-state index >= 15 is 0 Å². The van der Waals surface area contributed by atoms with Crippen molar-refractivity contribution in [2.45, 2.75) is 33.6 Å². The molecule has 110 valence electrons. The molecule has 0 aromatic carbocycles. The van der Waals surface area contributed by atoms with Gasteiger partial charge >= 0.3 is 0 Å². The zero-order valence-electron chi connectivity index (χ0n) is 12.7. The predicted octanol–water partition coefficient (Wildman–Crippen LogP) is 1.34. The molecule has 4 heteroatoms. The maximum Gasteiger partial charge on any atom is 0.0589 e. The molecule has 0 amide bonds. The first-order chi connectivity index (χ1) is 8.67. The molecule has 4 nitrogen and oxygen atoms in total. The lowest BCUT2D eigenvalue weighted by Crippen LogP contribution is -2.45. The highest BCUT2D eigenvalue weighted by molar-refractivity contribution is 4.83. The molecule has 18 heavy (non-hydrogen) atoms. The fourth-order valence-corrected chi connectivity index (χ4v) is 2.28. The van der Waals surface area contributed by atoms with Crippen LogP contribution < -0.4 is 5.32 Å². The largest absolute Gasteiger partial charge is 0.395 e. The van der Waals surface area contributed by atoms with Crippen molar-refractivity contribution in [1.29, 1.82) is 0 Å². The summed E-state index contributed by atoms with van der Waals surface area (Å²) in [6.45, 7) is 12.3. The lowest BCUT2D eigenvalue weighted by atomic mass is 9.81. The van der Waals surface area contributed by atoms with Crippen molar-refractivity contribution in [3.63, 3.8) is 0 Å². The van der Waals surface area contributed by atoms with Gasteiger partial charge in [-0.3, -0.25) is 4.90 Å². The van der Waals surface area contributed by atoms with Gasteiger partial charge in [0.15, 0.2) is 0 Å². The van der Waals surface area contributed by atoms with Crippen LogP contribution in [0.1, 0.15) is 33.6 Å². The van der Waals surface area contributed by atoms with Crippen LogP contribution in [0.15, 0.2) is 0 Å². The van der Waals surface area contributed by atoms with Gasteiger partial charge in [0, 0.05) is 33.3 Å². The predicted molar refractivity (Wildman–Crippen MR) is 77.0 cm³/mol. The summed E-state index contributed by atoms with van der Waals surface area (Å²) in [6.07, 6.45) is 2.32. The number of aliphatic hydroxyl groups is 1. The lowest BCUT2D eigenvalue weighted by Gasteiger charge is -2.37. The summed E-state index contributed by atoms with van der Waals surface area (Å²) in [5.74, 6) is 0. The summed E-state index contributed by atoms with van der Waals surface area (Å²) in [5, 5.41) is 12.6. The first-order valence-electron chi connectivity index (χ1n) is 7.20. The van der Waals surface area contributed by atoms with E-state index in [0.717, 1.165) is 52.2 Å². The summed E-state index contributed by atoms with van der Waals surface area (Å²) >= 11 is 0. The highest BCUT2D eigenvalue weighted by Gasteiger charge is 2.28. The second-order valence-electron chi connectivity index (χ2n) is 4.98. The van der Waals surface area contributed by atoms with Gasteiger partial charge in [0.2, 0.25) is 0 Å². The van der Waals surface area contributed by atoms with Crippen LogP contribution in [0.25, 0.3) is 0 Å². The van der Waals surface area contributed by atoms with Gasteiger partial charge in [-0.05, 0) is 24.8 Å². The molecule has 0 aliphatic carbocycles. The molecule has 0 saturated heterocycles. The lowest BCUT2D eigenvalue weighted by molar-refractivity contribution is 0.0842. The number of hydrogen-bond acceptors (Lipinski definition) is 4. The number of rotatable bonds is 12. The molecule has 0 rings (SSSR count). The van der Waals surface area contributed by atoms with Gasteiger partial charge in [-0.25, -0.2) is 0 Å². The average Bonchev–Trinajstić information content (AvgIpc) is 2.41. The minimum atomic E-state index is 0.217. The van der Waals surface area contributed by atoms with Crippen LogP contribution in [0.3, 0.4) is 0 Å². The minimum absolute atomic E-state index is 0.217. The quantitative estimate of drug-likeness (QED) is 0.556. The van der Waals surface area contributed by atoms with Gasteiger partial charge < -0.3 is 15.2 Å². The van der Waals surface area contributed by atoms with E-state index in [-0.39, 0.29) is 6.61 Å². The first kappa shape index (κ1) is 17.8. The highest BCUT2D eigenvalue weighted by Crippen LogP contribution is 2.26. The van der Waals surface area contributed by atoms with Crippen molar-refractivity contribution in [3.8, 4) is 0 Å². The maximum absolute atomic E-state index is 9.16. The Morgan fingerprint density at radius 3 is 2.28 bits per heavy atom. The topological polar surface area (TPSA) is 44.7 Å². The van der Waals surface area contributed by atoms with Crippen molar-refractivity contribution in [3.05, 3.63) is 0 Å². The Kier molecular flexibility index (Phi) is 10.6. The van der Waals surface area contributed by atoms with Crippen LogP contribution in [0.5, 0.6) is 0 Å². The summed E-state index contributed by atoms with van der Waals surface area (Å²) in [4.78, 5) is 2.31. The Labute approximate surface area is 113 Å². The summed E-state index contributed by atoms with van der Waals surface area (Å²) in [6, 6.07) is 0. The van der Waals surface area contributed by atoms with Crippen LogP contribution in [0.4, 0.5) is 0 Å². The van der Waals surface area contributed by atoms with Crippen molar-refractivity contribution >= 4 is 0 Å². The smallest absolute Gasteiger partial charge is 0.0589 e. The summed E-state index contributed by atoms with van der Waals surface area (Å²) in [5.41, 5.74) is 0.304. The molecule has 0 saturated carbocycles. The maximum atomic E-state index is 9.16. The van der Waals surface area contributed by atoms with E-state index < -0.39 is 0 Å². The van der Waals surface area contributed by atoms with E-state index in [2.05, 4.69) is 31.0 Å². The van der Waals surface area contributed by atoms with Gasteiger partial charge in [-0.1, -0.05) is 20.8 Å². The van der Waals surface area contributed by atoms with Crippen molar-refractivity contribution in [1.82, 2.24) is 10.2 Å². The number of hydrogen-bond donors (Lipinski definition) is 2. The summed E-state index contributed by atoms with van der Waals surface area (Å²) in [7, 11) is 1.72. The third-order valence-corrected chi connectivity index (χ3v) is 3.84. The molecule has 0 bridgehead atoms. The average molecular weight is 260 g/mol. The van der Waals surface area contributed by atoms with Crippen LogP contribution in [0.2, 0.25) is 0 Å². The number of methoxy groups -OCH3 is 1. The molecule has 0 aliphatic rings. The second-order valence-corrected chi connectivity index (χ2v) is 4.98. The number of aliphatic hydroxyl groups excluding tert-OH is 1. The van der Waals surface area contributed by atoms with Gasteiger partial charge in [0.25, 0.3) is 0 Å². The normalized spacial score (nSPS) is 12.3. The number of nitrogens with zero attached hydrogens (tertiary/aromatic N) is 1. The van der Waals surface area contributed by atoms with Crippen molar-refractivity contribution in [2.24, 2.45) is 5.41 Å². The fraction of sp³-hybridized carbons (Fsp3) is 1.00. The SMILES string of the molecule is CCNCC(CC)(CC)CN(CCO)CCOC. The molecule has 0 unspecified atom stereocenters. The van der Waals surface area contributed by atoms with E-state index in [0.29, 0.717) is 5.41 Å². The summed E-state index contributed by atoms with van der Waals surface area (Å²) < 4.78 is 5.14. The Morgan fingerprint density at radius 1 is 1.17 bits per heavy atom. The first-order valence-corrected chi connectivity index (χ1v) is 7.20. The molecule has 2 N–H and O–H groups in total. The Balaban J connectivity index is 4.46. The fourth-order valence-electron chi connectivity index (χ4n) is 2.28. The third-order valence-electron chi connectivity index (χ3n) is 3.84. The molecular formula is C14H32N2O2. The van der Waals surface area contributed by atoms with Crippen LogP contribution >= 0.6 is 0 Å². The minimum Gasteiger partial charge on any atom is -0.395 e. The molecule has 0 atom stereocenters. The molecule has 0 spiro atoms. The Morgan fingerprint density at radius 2 is 1.83 bits per heavy atom. The Bertz CT molecular complexity index is 185. The third kappa shape index (κ3) is 6.69. The van der Waals surface area contributed by atoms with Gasteiger partial charge in [-0.15, -0.1) is 0 Å². The molecule has 0 aliphatic heterocycles. The van der Waals surface area contributed by atoms with Crippen LogP contribution in [-0.2, 0) is 4.74 Å². The van der Waals surface area contributed by atoms with Gasteiger partial charge in [0.1, 0.15) is 0 Å². The van der Waals surface area contributed by atoms with E-state index in [1.807, 2.05) is 0 Å². The van der Waals surface area contributed by atoms with E-state index in [9.17, 15) is 0 Å². The number of ether oxygens (including phenoxy) is 1. The van der Waals surface area contributed by atoms with Gasteiger partial charge in [0.05, 0.1) is 13.2 Å². The zero-order chi connectivity index (χ0) is 13.9. The van der Waals surface area contributed by atoms with E-state index in [1.54, 1.807) is 7.11 Å². The van der Waals surface area contributed by atoms with Gasteiger partial charge in [-0.2, -0.15) is 0 Å². The number of nitrogens with one attached hydrogen (secondary N) is 1. The molecule has 0 radical (unpaired) electrons.